The van der Waals surface area contributed by atoms with Crippen LogP contribution in [0.4, 0.5) is 5.69 Å². The van der Waals surface area contributed by atoms with Gasteiger partial charge in [-0.3, -0.25) is 14.4 Å². The molecule has 5 aromatic carbocycles. The molecule has 51 heavy (non-hydrogen) atoms. The van der Waals surface area contributed by atoms with Crippen LogP contribution in [0.1, 0.15) is 23.4 Å². The molecule has 2 atom stereocenters. The number of nitrogens with zero attached hydrogens (tertiary/aromatic N) is 1. The third-order valence-electron chi connectivity index (χ3n) is 8.40. The standard InChI is InChI=1S/C38H33N5O7S/c44-36(39-22-35-40-29-12-6-7-13-30(29)41-35)21-34-37(45)42-31-18-25(14-17-33(31)50-34)19-32(38(46)49-23-24-8-2-1-3-9-24)43-51(47,48)28-16-15-26-10-4-5-11-27(26)20-28/h1-18,20,32,34,43H,19,21-23H2,(H,39,44)(H,40,41)(H,42,45)/t32-,34?/m0/s1. The molecule has 1 unspecified atom stereocenters. The van der Waals surface area contributed by atoms with Gasteiger partial charge in [0.2, 0.25) is 15.9 Å². The van der Waals surface area contributed by atoms with Gasteiger partial charge in [0.15, 0.2) is 6.10 Å². The van der Waals surface area contributed by atoms with E-state index in [1.807, 2.05) is 66.7 Å². The number of aromatic amines is 1. The topological polar surface area (TPSA) is 169 Å². The predicted molar refractivity (Wildman–Crippen MR) is 190 cm³/mol. The number of amides is 2. The van der Waals surface area contributed by atoms with Crippen molar-refractivity contribution in [2.45, 2.75) is 43.0 Å². The van der Waals surface area contributed by atoms with Gasteiger partial charge in [0, 0.05) is 0 Å². The van der Waals surface area contributed by atoms with E-state index in [1.54, 1.807) is 42.5 Å². The molecule has 7 rings (SSSR count). The fourth-order valence-corrected chi connectivity index (χ4v) is 7.02. The lowest BCUT2D eigenvalue weighted by Gasteiger charge is -2.26. The van der Waals surface area contributed by atoms with Crippen LogP contribution in [0.5, 0.6) is 5.75 Å². The maximum Gasteiger partial charge on any atom is 0.324 e. The van der Waals surface area contributed by atoms with Gasteiger partial charge in [-0.15, -0.1) is 0 Å². The number of hydrogen-bond donors (Lipinski definition) is 4. The Labute approximate surface area is 293 Å². The molecule has 0 spiro atoms. The van der Waals surface area contributed by atoms with Crippen molar-refractivity contribution in [3.8, 4) is 5.75 Å². The molecule has 0 saturated heterocycles. The number of aromatic nitrogens is 2. The average molecular weight is 704 g/mol. The minimum atomic E-state index is -4.16. The van der Waals surface area contributed by atoms with Crippen molar-refractivity contribution in [3.05, 3.63) is 132 Å². The molecular formula is C38H33N5O7S. The number of H-pyrrole nitrogens is 1. The summed E-state index contributed by atoms with van der Waals surface area (Å²) in [5, 5.41) is 7.14. The van der Waals surface area contributed by atoms with Gasteiger partial charge in [-0.25, -0.2) is 13.4 Å². The zero-order valence-electron chi connectivity index (χ0n) is 27.2. The third kappa shape index (κ3) is 7.90. The fraction of sp³-hybridized carbons (Fsp3) is 0.158. The number of imidazole rings is 1. The Hall–Kier alpha value is -6.05. The van der Waals surface area contributed by atoms with E-state index in [-0.39, 0.29) is 30.9 Å². The molecule has 12 nitrogen and oxygen atoms in total. The molecule has 1 aliphatic heterocycles. The normalized spacial score (nSPS) is 14.7. The minimum Gasteiger partial charge on any atom is -0.478 e. The van der Waals surface area contributed by atoms with E-state index >= 15 is 0 Å². The number of anilines is 1. The van der Waals surface area contributed by atoms with E-state index in [2.05, 4.69) is 25.3 Å². The van der Waals surface area contributed by atoms with Crippen molar-refractivity contribution in [1.29, 1.82) is 0 Å². The fourth-order valence-electron chi connectivity index (χ4n) is 5.80. The molecule has 6 aromatic rings. The van der Waals surface area contributed by atoms with Gasteiger partial charge < -0.3 is 25.1 Å². The van der Waals surface area contributed by atoms with E-state index in [0.29, 0.717) is 22.8 Å². The van der Waals surface area contributed by atoms with Gasteiger partial charge in [0.05, 0.1) is 34.6 Å². The summed E-state index contributed by atoms with van der Waals surface area (Å²) in [4.78, 5) is 46.7. The summed E-state index contributed by atoms with van der Waals surface area (Å²) < 4.78 is 41.2. The number of sulfonamides is 1. The molecular weight excluding hydrogens is 671 g/mol. The average Bonchev–Trinajstić information content (AvgIpc) is 3.56. The van der Waals surface area contributed by atoms with E-state index in [4.69, 9.17) is 9.47 Å². The Kier molecular flexibility index (Phi) is 9.47. The molecule has 258 valence electrons. The van der Waals surface area contributed by atoms with E-state index < -0.39 is 40.0 Å². The number of esters is 1. The molecule has 4 N–H and O–H groups in total. The third-order valence-corrected chi connectivity index (χ3v) is 9.87. The van der Waals surface area contributed by atoms with Crippen molar-refractivity contribution < 1.29 is 32.3 Å². The summed E-state index contributed by atoms with van der Waals surface area (Å²) in [7, 11) is -4.16. The highest BCUT2D eigenvalue weighted by Crippen LogP contribution is 2.32. The first-order chi connectivity index (χ1) is 24.7. The number of fused-ring (bicyclic) bond motifs is 3. The molecule has 1 aliphatic rings. The van der Waals surface area contributed by atoms with Crippen molar-refractivity contribution >= 4 is 55.3 Å². The number of para-hydroxylation sites is 2. The van der Waals surface area contributed by atoms with Crippen LogP contribution in [0, 0.1) is 0 Å². The smallest absolute Gasteiger partial charge is 0.324 e. The van der Waals surface area contributed by atoms with Crippen LogP contribution in [0.15, 0.2) is 120 Å². The lowest BCUT2D eigenvalue weighted by atomic mass is 10.0. The lowest BCUT2D eigenvalue weighted by Crippen LogP contribution is -2.43. The second-order valence-electron chi connectivity index (χ2n) is 12.1. The lowest BCUT2D eigenvalue weighted by molar-refractivity contribution is -0.147. The summed E-state index contributed by atoms with van der Waals surface area (Å²) in [5.74, 6) is -0.776. The minimum absolute atomic E-state index is 0.000769. The highest BCUT2D eigenvalue weighted by molar-refractivity contribution is 7.89. The Morgan fingerprint density at radius 2 is 1.63 bits per heavy atom. The van der Waals surface area contributed by atoms with Gasteiger partial charge >= 0.3 is 5.97 Å². The number of ether oxygens (including phenoxy) is 2. The first-order valence-corrected chi connectivity index (χ1v) is 17.7. The van der Waals surface area contributed by atoms with Gasteiger partial charge in [-0.2, -0.15) is 4.72 Å². The van der Waals surface area contributed by atoms with Gasteiger partial charge in [-0.1, -0.05) is 78.9 Å². The van der Waals surface area contributed by atoms with Crippen LogP contribution in [0.25, 0.3) is 21.8 Å². The molecule has 13 heteroatoms. The van der Waals surface area contributed by atoms with Crippen LogP contribution in [0.2, 0.25) is 0 Å². The molecule has 1 aromatic heterocycles. The molecule has 0 fully saturated rings. The highest BCUT2D eigenvalue weighted by atomic mass is 32.2. The molecule has 0 aliphatic carbocycles. The molecule has 2 heterocycles. The van der Waals surface area contributed by atoms with Crippen LogP contribution < -0.4 is 20.1 Å². The summed E-state index contributed by atoms with van der Waals surface area (Å²) in [5.41, 5.74) is 3.23. The quantitative estimate of drug-likeness (QED) is 0.132. The van der Waals surface area contributed by atoms with Crippen molar-refractivity contribution in [2.24, 2.45) is 0 Å². The molecule has 0 saturated carbocycles. The number of carbonyl (C=O) groups excluding carboxylic acids is 3. The number of nitrogens with one attached hydrogen (secondary N) is 4. The van der Waals surface area contributed by atoms with Gasteiger partial charge in [0.25, 0.3) is 5.91 Å². The van der Waals surface area contributed by atoms with Crippen molar-refractivity contribution in [3.63, 3.8) is 0 Å². The van der Waals surface area contributed by atoms with Gasteiger partial charge in [0.1, 0.15) is 24.2 Å². The Morgan fingerprint density at radius 1 is 0.863 bits per heavy atom. The van der Waals surface area contributed by atoms with E-state index in [1.165, 1.54) is 6.07 Å². The van der Waals surface area contributed by atoms with Crippen LogP contribution in [0.3, 0.4) is 0 Å². The molecule has 0 radical (unpaired) electrons. The Balaban J connectivity index is 1.04. The first-order valence-electron chi connectivity index (χ1n) is 16.2. The number of hydrogen-bond acceptors (Lipinski definition) is 8. The van der Waals surface area contributed by atoms with E-state index in [0.717, 1.165) is 27.4 Å². The van der Waals surface area contributed by atoms with E-state index in [9.17, 15) is 22.8 Å². The second-order valence-corrected chi connectivity index (χ2v) is 13.8. The first kappa shape index (κ1) is 33.4. The summed E-state index contributed by atoms with van der Waals surface area (Å²) in [6, 6.07) is 32.2. The van der Waals surface area contributed by atoms with Crippen molar-refractivity contribution in [2.75, 3.05) is 5.32 Å². The van der Waals surface area contributed by atoms with Crippen LogP contribution >= 0.6 is 0 Å². The maximum absolute atomic E-state index is 13.6. The SMILES string of the molecule is O=C(CC1Oc2ccc(C[C@H](NS(=O)(=O)c3ccc4ccccc4c3)C(=O)OCc3ccccc3)cc2NC1=O)NCc1nc2ccccc2[nH]1. The largest absolute Gasteiger partial charge is 0.478 e. The summed E-state index contributed by atoms with van der Waals surface area (Å²) >= 11 is 0. The van der Waals surface area contributed by atoms with Crippen LogP contribution in [-0.4, -0.2) is 48.3 Å². The predicted octanol–water partition coefficient (Wildman–Crippen LogP) is 4.76. The second kappa shape index (κ2) is 14.4. The summed E-state index contributed by atoms with van der Waals surface area (Å²) in [6.45, 7) is 0.108. The Bertz CT molecular complexity index is 2330. The number of rotatable bonds is 12. The number of carbonyl (C=O) groups is 3. The molecule has 2 amide bonds. The summed E-state index contributed by atoms with van der Waals surface area (Å²) in [6.07, 6.45) is -1.38. The highest BCUT2D eigenvalue weighted by Gasteiger charge is 2.32. The maximum atomic E-state index is 13.6. The Morgan fingerprint density at radius 3 is 2.45 bits per heavy atom. The number of benzene rings is 5. The van der Waals surface area contributed by atoms with Gasteiger partial charge in [-0.05, 0) is 64.7 Å². The zero-order chi connectivity index (χ0) is 35.4. The monoisotopic (exact) mass is 703 g/mol. The van der Waals surface area contributed by atoms with Crippen LogP contribution in [-0.2, 0) is 48.7 Å². The molecule has 0 bridgehead atoms. The van der Waals surface area contributed by atoms with Crippen molar-refractivity contribution in [1.82, 2.24) is 20.0 Å². The zero-order valence-corrected chi connectivity index (χ0v) is 28.0.